The number of rotatable bonds is 4. The molecule has 0 amide bonds. The van der Waals surface area contributed by atoms with Gasteiger partial charge in [-0.1, -0.05) is 32.1 Å². The Morgan fingerprint density at radius 3 is 2.59 bits per heavy atom. The number of hydrogen-bond donors (Lipinski definition) is 1. The first-order valence-electron chi connectivity index (χ1n) is 10.2. The number of nitriles is 2. The number of fused-ring (bicyclic) bond motifs is 1. The molecule has 158 valence electrons. The number of pyridine rings is 1. The molecule has 4 heterocycles. The van der Waals surface area contributed by atoms with Crippen LogP contribution in [-0.2, 0) is 5.41 Å². The van der Waals surface area contributed by atoms with Gasteiger partial charge in [0.2, 0.25) is 0 Å². The van der Waals surface area contributed by atoms with Gasteiger partial charge < -0.3 is 5.32 Å². The molecule has 1 saturated carbocycles. The van der Waals surface area contributed by atoms with E-state index in [-0.39, 0.29) is 5.41 Å². The van der Waals surface area contributed by atoms with Gasteiger partial charge in [0.15, 0.2) is 5.01 Å². The predicted molar refractivity (Wildman–Crippen MR) is 122 cm³/mol. The Morgan fingerprint density at radius 1 is 1.12 bits per heavy atom. The first kappa shape index (κ1) is 20.1. The summed E-state index contributed by atoms with van der Waals surface area (Å²) in [5.74, 6) is 0. The monoisotopic (exact) mass is 440 g/mol. The van der Waals surface area contributed by atoms with Gasteiger partial charge in [0.1, 0.15) is 16.6 Å². The molecule has 0 unspecified atom stereocenters. The fourth-order valence-corrected chi connectivity index (χ4v) is 4.33. The van der Waals surface area contributed by atoms with Crippen LogP contribution in [0.4, 0.5) is 5.69 Å². The highest BCUT2D eigenvalue weighted by molar-refractivity contribution is 7.14. The average Bonchev–Trinajstić information content (AvgIpc) is 3.19. The standard InChI is InChI=1S/C23H20N8S/c1-22(2,3)21-30-29-20(32-21)16-12-26-18(9-17(16)28-23(13-25)6-7-23)19-5-4-15-8-14(10-24)11-27-31(15)19/h4-5,8-9,11-12H,6-7H2,1-3H3,(H,26,28). The summed E-state index contributed by atoms with van der Waals surface area (Å²) in [4.78, 5) is 4.69. The number of nitrogens with zero attached hydrogens (tertiary/aromatic N) is 7. The maximum absolute atomic E-state index is 9.64. The van der Waals surface area contributed by atoms with E-state index in [1.54, 1.807) is 16.8 Å². The molecule has 1 aliphatic carbocycles. The molecule has 0 bridgehead atoms. The molecule has 1 fully saturated rings. The molecule has 0 spiro atoms. The van der Waals surface area contributed by atoms with Gasteiger partial charge in [-0.05, 0) is 37.1 Å². The molecule has 0 aliphatic heterocycles. The van der Waals surface area contributed by atoms with Crippen LogP contribution in [0.3, 0.4) is 0 Å². The van der Waals surface area contributed by atoms with Crippen LogP contribution in [0, 0.1) is 22.7 Å². The number of anilines is 1. The lowest BCUT2D eigenvalue weighted by Crippen LogP contribution is -2.19. The van der Waals surface area contributed by atoms with Crippen molar-refractivity contribution in [1.29, 1.82) is 10.5 Å². The van der Waals surface area contributed by atoms with E-state index < -0.39 is 5.54 Å². The molecule has 4 aromatic rings. The summed E-state index contributed by atoms with van der Waals surface area (Å²) >= 11 is 1.54. The molecule has 0 radical (unpaired) electrons. The van der Waals surface area contributed by atoms with E-state index in [9.17, 15) is 5.26 Å². The molecule has 0 saturated heterocycles. The molecule has 1 aliphatic rings. The summed E-state index contributed by atoms with van der Waals surface area (Å²) in [6, 6.07) is 12.1. The molecule has 0 aromatic carbocycles. The van der Waals surface area contributed by atoms with Crippen LogP contribution in [-0.4, -0.2) is 30.3 Å². The molecule has 5 rings (SSSR count). The Hall–Kier alpha value is -3.82. The van der Waals surface area contributed by atoms with E-state index in [0.29, 0.717) is 11.3 Å². The molecular formula is C23H20N8S. The SMILES string of the molecule is CC(C)(C)c1nnc(-c2cnc(-c3ccc4cc(C#N)cnn34)cc2NC2(C#N)CC2)s1. The number of aromatic nitrogens is 5. The molecule has 4 aromatic heterocycles. The lowest BCUT2D eigenvalue weighted by atomic mass is 9.98. The zero-order valence-electron chi connectivity index (χ0n) is 17.9. The van der Waals surface area contributed by atoms with Crippen molar-refractivity contribution in [2.75, 3.05) is 5.32 Å². The highest BCUT2D eigenvalue weighted by Gasteiger charge is 2.43. The second-order valence-corrected chi connectivity index (χ2v) is 9.99. The van der Waals surface area contributed by atoms with E-state index in [2.05, 4.69) is 58.5 Å². The number of hydrogen-bond acceptors (Lipinski definition) is 8. The Kier molecular flexibility index (Phi) is 4.47. The fraction of sp³-hybridized carbons (Fsp3) is 0.304. The van der Waals surface area contributed by atoms with Gasteiger partial charge in [-0.2, -0.15) is 15.6 Å². The Bertz CT molecular complexity index is 1420. The van der Waals surface area contributed by atoms with Crippen LogP contribution in [0.15, 0.2) is 36.7 Å². The van der Waals surface area contributed by atoms with Gasteiger partial charge in [0.05, 0.1) is 40.3 Å². The minimum Gasteiger partial charge on any atom is -0.367 e. The summed E-state index contributed by atoms with van der Waals surface area (Å²) in [7, 11) is 0. The van der Waals surface area contributed by atoms with E-state index in [4.69, 9.17) is 5.26 Å². The Morgan fingerprint density at radius 2 is 1.94 bits per heavy atom. The second kappa shape index (κ2) is 7.11. The van der Waals surface area contributed by atoms with E-state index >= 15 is 0 Å². The van der Waals surface area contributed by atoms with Crippen molar-refractivity contribution in [3.05, 3.63) is 47.2 Å². The van der Waals surface area contributed by atoms with Crippen LogP contribution < -0.4 is 5.32 Å². The zero-order valence-corrected chi connectivity index (χ0v) is 18.7. The van der Waals surface area contributed by atoms with E-state index in [1.165, 1.54) is 17.5 Å². The van der Waals surface area contributed by atoms with Crippen molar-refractivity contribution in [3.63, 3.8) is 0 Å². The minimum absolute atomic E-state index is 0.0972. The smallest absolute Gasteiger partial charge is 0.151 e. The predicted octanol–water partition coefficient (Wildman–Crippen LogP) is 4.55. The third-order valence-corrected chi connectivity index (χ3v) is 6.81. The van der Waals surface area contributed by atoms with Gasteiger partial charge in [0.25, 0.3) is 0 Å². The first-order valence-corrected chi connectivity index (χ1v) is 11.1. The highest BCUT2D eigenvalue weighted by Crippen LogP contribution is 2.42. The Labute approximate surface area is 189 Å². The van der Waals surface area contributed by atoms with Gasteiger partial charge in [-0.3, -0.25) is 4.98 Å². The van der Waals surface area contributed by atoms with Gasteiger partial charge in [-0.15, -0.1) is 10.2 Å². The summed E-state index contributed by atoms with van der Waals surface area (Å²) in [6.07, 6.45) is 4.92. The van der Waals surface area contributed by atoms with Crippen molar-refractivity contribution < 1.29 is 0 Å². The highest BCUT2D eigenvalue weighted by atomic mass is 32.1. The fourth-order valence-electron chi connectivity index (χ4n) is 3.41. The topological polar surface area (TPSA) is 116 Å². The second-order valence-electron chi connectivity index (χ2n) is 9.01. The normalized spacial score (nSPS) is 14.7. The van der Waals surface area contributed by atoms with Crippen molar-refractivity contribution in [3.8, 4) is 34.1 Å². The Balaban J connectivity index is 1.62. The molecule has 8 nitrogen and oxygen atoms in total. The summed E-state index contributed by atoms with van der Waals surface area (Å²) in [5, 5.41) is 37.1. The van der Waals surface area contributed by atoms with Gasteiger partial charge in [-0.25, -0.2) is 4.52 Å². The van der Waals surface area contributed by atoms with Crippen LogP contribution >= 0.6 is 11.3 Å². The van der Waals surface area contributed by atoms with Crippen molar-refractivity contribution >= 4 is 22.5 Å². The van der Waals surface area contributed by atoms with Gasteiger partial charge in [0, 0.05) is 17.3 Å². The summed E-state index contributed by atoms with van der Waals surface area (Å²) < 4.78 is 1.76. The third-order valence-electron chi connectivity index (χ3n) is 5.43. The lowest BCUT2D eigenvalue weighted by molar-refractivity contribution is 0.578. The zero-order chi connectivity index (χ0) is 22.5. The van der Waals surface area contributed by atoms with Crippen LogP contribution in [0.25, 0.3) is 27.5 Å². The van der Waals surface area contributed by atoms with Crippen molar-refractivity contribution in [2.24, 2.45) is 0 Å². The quantitative estimate of drug-likeness (QED) is 0.495. The molecule has 32 heavy (non-hydrogen) atoms. The summed E-state index contributed by atoms with van der Waals surface area (Å²) in [5.41, 5.74) is 3.80. The molecule has 9 heteroatoms. The number of nitrogens with one attached hydrogen (secondary N) is 1. The summed E-state index contributed by atoms with van der Waals surface area (Å²) in [6.45, 7) is 6.32. The first-order chi connectivity index (χ1) is 15.3. The average molecular weight is 441 g/mol. The minimum atomic E-state index is -0.550. The third kappa shape index (κ3) is 3.47. The van der Waals surface area contributed by atoms with Crippen molar-refractivity contribution in [2.45, 2.75) is 44.6 Å². The maximum atomic E-state index is 9.64. The van der Waals surface area contributed by atoms with E-state index in [0.717, 1.165) is 45.3 Å². The van der Waals surface area contributed by atoms with E-state index in [1.807, 2.05) is 18.2 Å². The van der Waals surface area contributed by atoms with Crippen molar-refractivity contribution in [1.82, 2.24) is 24.8 Å². The molecule has 1 N–H and O–H groups in total. The maximum Gasteiger partial charge on any atom is 0.151 e. The van der Waals surface area contributed by atoms with Gasteiger partial charge >= 0.3 is 0 Å². The van der Waals surface area contributed by atoms with Crippen LogP contribution in [0.5, 0.6) is 0 Å². The molecular weight excluding hydrogens is 420 g/mol. The lowest BCUT2D eigenvalue weighted by Gasteiger charge is -2.15. The van der Waals surface area contributed by atoms with Crippen LogP contribution in [0.2, 0.25) is 0 Å². The van der Waals surface area contributed by atoms with Crippen LogP contribution in [0.1, 0.15) is 44.2 Å². The molecule has 0 atom stereocenters. The largest absolute Gasteiger partial charge is 0.367 e.